The molecule has 0 spiro atoms. The van der Waals surface area contributed by atoms with Gasteiger partial charge in [-0.15, -0.1) is 0 Å². The molecule has 2 rings (SSSR count). The van der Waals surface area contributed by atoms with E-state index in [0.29, 0.717) is 0 Å². The highest BCUT2D eigenvalue weighted by Crippen LogP contribution is 2.32. The van der Waals surface area contributed by atoms with Gasteiger partial charge in [0.1, 0.15) is 48.3 Å². The molecule has 152 valence electrons. The molecule has 0 aromatic rings. The second kappa shape index (κ2) is 7.98. The Bertz CT molecular complexity index is 507. The third-order valence-electron chi connectivity index (χ3n) is 4.72. The molecule has 10 atom stereocenters. The lowest BCUT2D eigenvalue weighted by atomic mass is 9.85. The highest BCUT2D eigenvalue weighted by molar-refractivity contribution is 5.77. The van der Waals surface area contributed by atoms with Crippen molar-refractivity contribution in [1.29, 1.82) is 0 Å². The van der Waals surface area contributed by atoms with E-state index in [0.717, 1.165) is 0 Å². The second-order valence-corrected chi connectivity index (χ2v) is 6.75. The number of carbonyl (C=O) groups is 1. The van der Waals surface area contributed by atoms with E-state index in [9.17, 15) is 40.5 Å². The molecule has 12 heteroatoms. The number of aliphatic hydroxyl groups excluding tert-OH is 8. The molecular formula is C14H25NO11. The van der Waals surface area contributed by atoms with Crippen molar-refractivity contribution in [2.75, 3.05) is 6.61 Å². The number of hydrogen-bond donors (Lipinski definition) is 9. The van der Waals surface area contributed by atoms with Crippen LogP contribution in [0.4, 0.5) is 0 Å². The van der Waals surface area contributed by atoms with Gasteiger partial charge < -0.3 is 55.6 Å². The van der Waals surface area contributed by atoms with E-state index < -0.39 is 79.8 Å². The monoisotopic (exact) mass is 383 g/mol. The van der Waals surface area contributed by atoms with Crippen LogP contribution in [0.3, 0.4) is 0 Å². The van der Waals surface area contributed by atoms with Crippen LogP contribution in [0.25, 0.3) is 0 Å². The van der Waals surface area contributed by atoms with Gasteiger partial charge in [-0.2, -0.15) is 0 Å². The summed E-state index contributed by atoms with van der Waals surface area (Å²) >= 11 is 0. The zero-order valence-electron chi connectivity index (χ0n) is 13.9. The topological polar surface area (TPSA) is 209 Å². The van der Waals surface area contributed by atoms with Gasteiger partial charge in [0.15, 0.2) is 12.6 Å². The van der Waals surface area contributed by atoms with Gasteiger partial charge >= 0.3 is 0 Å². The number of amides is 1. The van der Waals surface area contributed by atoms with Gasteiger partial charge in [-0.1, -0.05) is 0 Å². The number of ether oxygens (including phenoxy) is 2. The minimum Gasteiger partial charge on any atom is -0.394 e. The Morgan fingerprint density at radius 3 is 2.15 bits per heavy atom. The fourth-order valence-electron chi connectivity index (χ4n) is 3.09. The Kier molecular flexibility index (Phi) is 6.56. The highest BCUT2D eigenvalue weighted by atomic mass is 16.6. The Balaban J connectivity index is 2.03. The summed E-state index contributed by atoms with van der Waals surface area (Å²) in [6.07, 6.45) is -13.9. The van der Waals surface area contributed by atoms with Crippen LogP contribution < -0.4 is 5.32 Å². The molecule has 2 heterocycles. The van der Waals surface area contributed by atoms with Crippen LogP contribution in [0.5, 0.6) is 0 Å². The molecule has 2 saturated heterocycles. The molecule has 0 saturated carbocycles. The SMILES string of the molecule is C[C@@]1(CC(=O)NC2C(O)OC(CO)C(O)C2O)OC(O)[C@@H](O)[C@H](O)[C@@H]1O. The van der Waals surface area contributed by atoms with Crippen molar-refractivity contribution in [3.63, 3.8) is 0 Å². The number of nitrogens with one attached hydrogen (secondary N) is 1. The van der Waals surface area contributed by atoms with Crippen LogP contribution in [0.15, 0.2) is 0 Å². The van der Waals surface area contributed by atoms with E-state index in [1.54, 1.807) is 0 Å². The Labute approximate surface area is 148 Å². The molecule has 12 nitrogen and oxygen atoms in total. The quantitative estimate of drug-likeness (QED) is 0.223. The van der Waals surface area contributed by atoms with Crippen LogP contribution in [0.2, 0.25) is 0 Å². The average Bonchev–Trinajstić information content (AvgIpc) is 2.58. The first kappa shape index (κ1) is 21.4. The standard InChI is InChI=1S/C14H25NO11/c1-14(11(22)9(20)10(21)13(24)26-14)2-5(17)15-6-8(19)7(18)4(3-16)25-12(6)23/h4,6-13,16,18-24H,2-3H2,1H3,(H,15,17)/t4?,6?,7?,8?,9-,10-,11-,12?,13?,14-/m0/s1. The van der Waals surface area contributed by atoms with Gasteiger partial charge in [-0.3, -0.25) is 4.79 Å². The smallest absolute Gasteiger partial charge is 0.223 e. The maximum Gasteiger partial charge on any atom is 0.223 e. The Hall–Kier alpha value is -0.930. The summed E-state index contributed by atoms with van der Waals surface area (Å²) in [6, 6.07) is -1.44. The number of aliphatic hydroxyl groups is 8. The number of rotatable bonds is 4. The summed E-state index contributed by atoms with van der Waals surface area (Å²) in [5.41, 5.74) is -1.78. The van der Waals surface area contributed by atoms with Gasteiger partial charge in [0.2, 0.25) is 5.91 Å². The lowest BCUT2D eigenvalue weighted by Crippen LogP contribution is -2.66. The summed E-state index contributed by atoms with van der Waals surface area (Å²) in [4.78, 5) is 12.2. The second-order valence-electron chi connectivity index (χ2n) is 6.75. The Morgan fingerprint density at radius 1 is 0.962 bits per heavy atom. The number of hydrogen-bond acceptors (Lipinski definition) is 11. The minimum atomic E-state index is -1.84. The lowest BCUT2D eigenvalue weighted by molar-refractivity contribution is -0.315. The molecule has 2 aliphatic rings. The van der Waals surface area contributed by atoms with Crippen LogP contribution in [0.1, 0.15) is 13.3 Å². The normalized spacial score (nSPS) is 49.7. The summed E-state index contributed by atoms with van der Waals surface area (Å²) in [5, 5.41) is 79.7. The molecule has 0 aromatic carbocycles. The highest BCUT2D eigenvalue weighted by Gasteiger charge is 2.52. The summed E-state index contributed by atoms with van der Waals surface area (Å²) < 4.78 is 9.94. The maximum atomic E-state index is 12.2. The van der Waals surface area contributed by atoms with Crippen molar-refractivity contribution in [3.05, 3.63) is 0 Å². The van der Waals surface area contributed by atoms with E-state index in [4.69, 9.17) is 14.6 Å². The third kappa shape index (κ3) is 3.99. The molecule has 0 bridgehead atoms. The summed E-state index contributed by atoms with van der Waals surface area (Å²) in [5.74, 6) is -0.872. The number of carbonyl (C=O) groups excluding carboxylic acids is 1. The summed E-state index contributed by atoms with van der Waals surface area (Å²) in [7, 11) is 0. The first-order chi connectivity index (χ1) is 12.0. The first-order valence-corrected chi connectivity index (χ1v) is 8.02. The lowest BCUT2D eigenvalue weighted by Gasteiger charge is -2.45. The van der Waals surface area contributed by atoms with Crippen LogP contribution in [-0.2, 0) is 14.3 Å². The molecule has 0 radical (unpaired) electrons. The molecule has 6 unspecified atom stereocenters. The van der Waals surface area contributed by atoms with Crippen molar-refractivity contribution in [1.82, 2.24) is 5.32 Å². The zero-order chi connectivity index (χ0) is 19.8. The fraction of sp³-hybridized carbons (Fsp3) is 0.929. The van der Waals surface area contributed by atoms with Crippen LogP contribution >= 0.6 is 0 Å². The molecule has 2 fully saturated rings. The van der Waals surface area contributed by atoms with Crippen molar-refractivity contribution >= 4 is 5.91 Å². The fourth-order valence-corrected chi connectivity index (χ4v) is 3.09. The Morgan fingerprint density at radius 2 is 1.58 bits per heavy atom. The van der Waals surface area contributed by atoms with Gasteiger partial charge in [-0.05, 0) is 6.92 Å². The van der Waals surface area contributed by atoms with Gasteiger partial charge in [0.25, 0.3) is 0 Å². The predicted molar refractivity (Wildman–Crippen MR) is 80.0 cm³/mol. The molecular weight excluding hydrogens is 358 g/mol. The molecule has 9 N–H and O–H groups in total. The molecule has 26 heavy (non-hydrogen) atoms. The molecule has 0 aliphatic carbocycles. The van der Waals surface area contributed by atoms with Crippen molar-refractivity contribution in [3.8, 4) is 0 Å². The van der Waals surface area contributed by atoms with Crippen molar-refractivity contribution < 1.29 is 55.1 Å². The summed E-state index contributed by atoms with van der Waals surface area (Å²) in [6.45, 7) is 0.558. The van der Waals surface area contributed by atoms with Crippen LogP contribution in [-0.4, -0.2) is 114 Å². The average molecular weight is 383 g/mol. The van der Waals surface area contributed by atoms with E-state index in [1.807, 2.05) is 0 Å². The van der Waals surface area contributed by atoms with Crippen LogP contribution in [0, 0.1) is 0 Å². The van der Waals surface area contributed by atoms with Gasteiger partial charge in [0, 0.05) is 0 Å². The van der Waals surface area contributed by atoms with E-state index >= 15 is 0 Å². The first-order valence-electron chi connectivity index (χ1n) is 8.02. The van der Waals surface area contributed by atoms with E-state index in [1.165, 1.54) is 6.92 Å². The third-order valence-corrected chi connectivity index (χ3v) is 4.72. The van der Waals surface area contributed by atoms with E-state index in [-0.39, 0.29) is 0 Å². The van der Waals surface area contributed by atoms with Crippen molar-refractivity contribution in [2.45, 2.75) is 74.2 Å². The molecule has 2 aliphatic heterocycles. The molecule has 0 aromatic heterocycles. The van der Waals surface area contributed by atoms with E-state index in [2.05, 4.69) is 5.32 Å². The van der Waals surface area contributed by atoms with Gasteiger partial charge in [-0.25, -0.2) is 0 Å². The minimum absolute atomic E-state index is 0.621. The van der Waals surface area contributed by atoms with Crippen molar-refractivity contribution in [2.24, 2.45) is 0 Å². The maximum absolute atomic E-state index is 12.2. The molecule has 1 amide bonds. The predicted octanol–water partition coefficient (Wildman–Crippen LogP) is -5.52. The largest absolute Gasteiger partial charge is 0.394 e. The van der Waals surface area contributed by atoms with Gasteiger partial charge in [0.05, 0.1) is 13.0 Å². The zero-order valence-corrected chi connectivity index (χ0v) is 13.9.